The zero-order chi connectivity index (χ0) is 22.5. The lowest BCUT2D eigenvalue weighted by molar-refractivity contribution is -0.114. The molecule has 2 N–H and O–H groups in total. The van der Waals surface area contributed by atoms with Gasteiger partial charge in [-0.3, -0.25) is 9.59 Å². The zero-order valence-corrected chi connectivity index (χ0v) is 18.6. The number of hydrogen-bond acceptors (Lipinski definition) is 6. The number of amides is 2. The van der Waals surface area contributed by atoms with Gasteiger partial charge in [0, 0.05) is 11.4 Å². The summed E-state index contributed by atoms with van der Waals surface area (Å²) in [5.74, 6) is 0.143. The van der Waals surface area contributed by atoms with Crippen molar-refractivity contribution in [2.75, 3.05) is 35.4 Å². The molecule has 0 aliphatic rings. The van der Waals surface area contributed by atoms with Crippen LogP contribution in [0.5, 0.6) is 5.75 Å². The molecule has 7 nitrogen and oxygen atoms in total. The number of anilines is 2. The molecule has 0 aliphatic heterocycles. The highest BCUT2D eigenvalue weighted by atomic mass is 32.2. The van der Waals surface area contributed by atoms with E-state index in [1.807, 2.05) is 13.8 Å². The first kappa shape index (κ1) is 24.3. The van der Waals surface area contributed by atoms with Crippen LogP contribution in [0.2, 0.25) is 0 Å². The minimum atomic E-state index is -0.422. The van der Waals surface area contributed by atoms with Gasteiger partial charge in [0.2, 0.25) is 11.8 Å². The SMILES string of the molecule is CCCOC(=O)c1cccc(NC(=O)CSCC(=O)Nc2ccc(OCCC)cc2)c1. The molecule has 0 heterocycles. The Bertz CT molecular complexity index is 871. The Labute approximate surface area is 186 Å². The molecule has 0 aromatic heterocycles. The highest BCUT2D eigenvalue weighted by molar-refractivity contribution is 8.00. The lowest BCUT2D eigenvalue weighted by Crippen LogP contribution is -2.18. The fourth-order valence-corrected chi connectivity index (χ4v) is 3.10. The summed E-state index contributed by atoms with van der Waals surface area (Å²) in [5, 5.41) is 5.51. The second kappa shape index (κ2) is 13.3. The summed E-state index contributed by atoms with van der Waals surface area (Å²) in [6, 6.07) is 13.7. The lowest BCUT2D eigenvalue weighted by atomic mass is 10.2. The number of thioether (sulfide) groups is 1. The second-order valence-corrected chi connectivity index (χ2v) is 7.66. The van der Waals surface area contributed by atoms with E-state index in [1.54, 1.807) is 48.5 Å². The van der Waals surface area contributed by atoms with Crippen LogP contribution in [0.3, 0.4) is 0 Å². The van der Waals surface area contributed by atoms with E-state index in [4.69, 9.17) is 9.47 Å². The summed E-state index contributed by atoms with van der Waals surface area (Å²) < 4.78 is 10.6. The molecule has 0 fully saturated rings. The average molecular weight is 445 g/mol. The van der Waals surface area contributed by atoms with Crippen molar-refractivity contribution < 1.29 is 23.9 Å². The summed E-state index contributed by atoms with van der Waals surface area (Å²) in [5.41, 5.74) is 1.56. The van der Waals surface area contributed by atoms with Gasteiger partial charge < -0.3 is 20.1 Å². The Morgan fingerprint density at radius 1 is 0.839 bits per heavy atom. The van der Waals surface area contributed by atoms with Crippen molar-refractivity contribution in [3.63, 3.8) is 0 Å². The van der Waals surface area contributed by atoms with Crippen molar-refractivity contribution in [1.82, 2.24) is 0 Å². The first-order chi connectivity index (χ1) is 15.0. The summed E-state index contributed by atoms with van der Waals surface area (Å²) in [6.07, 6.45) is 1.67. The number of ether oxygens (including phenoxy) is 2. The molecule has 0 saturated carbocycles. The number of nitrogens with one attached hydrogen (secondary N) is 2. The third kappa shape index (κ3) is 9.13. The van der Waals surface area contributed by atoms with E-state index in [1.165, 1.54) is 11.8 Å². The number of esters is 1. The lowest BCUT2D eigenvalue weighted by Gasteiger charge is -2.09. The van der Waals surface area contributed by atoms with Crippen LogP contribution in [0.25, 0.3) is 0 Å². The van der Waals surface area contributed by atoms with Crippen LogP contribution in [0.15, 0.2) is 48.5 Å². The number of carbonyl (C=O) groups is 3. The third-order valence-corrected chi connectivity index (χ3v) is 4.83. The fourth-order valence-electron chi connectivity index (χ4n) is 2.49. The van der Waals surface area contributed by atoms with E-state index in [0.29, 0.717) is 30.2 Å². The Balaban J connectivity index is 1.73. The van der Waals surface area contributed by atoms with Crippen LogP contribution in [0.1, 0.15) is 37.0 Å². The molecule has 2 aromatic rings. The van der Waals surface area contributed by atoms with Crippen LogP contribution in [0.4, 0.5) is 11.4 Å². The molecule has 0 radical (unpaired) electrons. The summed E-state index contributed by atoms with van der Waals surface area (Å²) in [6.45, 7) is 4.96. The molecule has 166 valence electrons. The molecule has 0 unspecified atom stereocenters. The van der Waals surface area contributed by atoms with Gasteiger partial charge in [0.1, 0.15) is 5.75 Å². The normalized spacial score (nSPS) is 10.3. The largest absolute Gasteiger partial charge is 0.494 e. The van der Waals surface area contributed by atoms with Crippen molar-refractivity contribution in [3.05, 3.63) is 54.1 Å². The van der Waals surface area contributed by atoms with E-state index in [-0.39, 0.29) is 23.3 Å². The molecular weight excluding hydrogens is 416 g/mol. The minimum absolute atomic E-state index is 0.113. The van der Waals surface area contributed by atoms with Crippen LogP contribution in [-0.4, -0.2) is 42.5 Å². The Morgan fingerprint density at radius 3 is 2.13 bits per heavy atom. The predicted molar refractivity (Wildman–Crippen MR) is 124 cm³/mol. The highest BCUT2D eigenvalue weighted by Crippen LogP contribution is 2.17. The topological polar surface area (TPSA) is 93.7 Å². The molecular formula is C23H28N2O5S. The van der Waals surface area contributed by atoms with E-state index in [0.717, 1.165) is 18.6 Å². The maximum atomic E-state index is 12.1. The van der Waals surface area contributed by atoms with Crippen LogP contribution >= 0.6 is 11.8 Å². The van der Waals surface area contributed by atoms with Gasteiger partial charge in [0.25, 0.3) is 0 Å². The van der Waals surface area contributed by atoms with Gasteiger partial charge >= 0.3 is 5.97 Å². The predicted octanol–water partition coefficient (Wildman–Crippen LogP) is 4.35. The number of carbonyl (C=O) groups excluding carboxylic acids is 3. The van der Waals surface area contributed by atoms with Gasteiger partial charge in [-0.1, -0.05) is 19.9 Å². The number of hydrogen-bond donors (Lipinski definition) is 2. The van der Waals surface area contributed by atoms with Gasteiger partial charge in [-0.15, -0.1) is 11.8 Å². The molecule has 0 aliphatic carbocycles. The molecule has 2 rings (SSSR count). The van der Waals surface area contributed by atoms with E-state index in [2.05, 4.69) is 10.6 Å². The van der Waals surface area contributed by atoms with E-state index >= 15 is 0 Å². The fraction of sp³-hybridized carbons (Fsp3) is 0.348. The molecule has 0 bridgehead atoms. The van der Waals surface area contributed by atoms with Crippen molar-refractivity contribution in [2.24, 2.45) is 0 Å². The smallest absolute Gasteiger partial charge is 0.338 e. The second-order valence-electron chi connectivity index (χ2n) is 6.68. The average Bonchev–Trinajstić information content (AvgIpc) is 2.77. The molecule has 0 atom stereocenters. The van der Waals surface area contributed by atoms with Crippen LogP contribution in [-0.2, 0) is 14.3 Å². The maximum Gasteiger partial charge on any atom is 0.338 e. The van der Waals surface area contributed by atoms with Crippen LogP contribution < -0.4 is 15.4 Å². The molecule has 0 spiro atoms. The van der Waals surface area contributed by atoms with Crippen molar-refractivity contribution in [1.29, 1.82) is 0 Å². The van der Waals surface area contributed by atoms with Gasteiger partial charge in [0.15, 0.2) is 0 Å². The van der Waals surface area contributed by atoms with Crippen molar-refractivity contribution in [2.45, 2.75) is 26.7 Å². The van der Waals surface area contributed by atoms with Crippen molar-refractivity contribution in [3.8, 4) is 5.75 Å². The highest BCUT2D eigenvalue weighted by Gasteiger charge is 2.10. The van der Waals surface area contributed by atoms with E-state index < -0.39 is 5.97 Å². The van der Waals surface area contributed by atoms with Gasteiger partial charge in [-0.05, 0) is 55.3 Å². The first-order valence-electron chi connectivity index (χ1n) is 10.2. The monoisotopic (exact) mass is 444 g/mol. The molecule has 0 saturated heterocycles. The maximum absolute atomic E-state index is 12.1. The van der Waals surface area contributed by atoms with E-state index in [9.17, 15) is 14.4 Å². The van der Waals surface area contributed by atoms with Gasteiger partial charge in [-0.2, -0.15) is 0 Å². The molecule has 2 aromatic carbocycles. The van der Waals surface area contributed by atoms with Crippen molar-refractivity contribution >= 4 is 40.9 Å². The Morgan fingerprint density at radius 2 is 1.48 bits per heavy atom. The summed E-state index contributed by atoms with van der Waals surface area (Å²) >= 11 is 1.20. The van der Waals surface area contributed by atoms with Gasteiger partial charge in [0.05, 0.1) is 30.3 Å². The quantitative estimate of drug-likeness (QED) is 0.473. The van der Waals surface area contributed by atoms with Crippen LogP contribution in [0, 0.1) is 0 Å². The molecule has 31 heavy (non-hydrogen) atoms. The third-order valence-electron chi connectivity index (χ3n) is 3.90. The molecule has 2 amide bonds. The summed E-state index contributed by atoms with van der Waals surface area (Å²) in [4.78, 5) is 36.1. The number of benzene rings is 2. The van der Waals surface area contributed by atoms with Gasteiger partial charge in [-0.25, -0.2) is 4.79 Å². The summed E-state index contributed by atoms with van der Waals surface area (Å²) in [7, 11) is 0. The standard InChI is InChI=1S/C23H28N2O5S/c1-3-12-29-20-10-8-18(9-11-20)24-21(26)15-31-16-22(27)25-19-7-5-6-17(14-19)23(28)30-13-4-2/h5-11,14H,3-4,12-13,15-16H2,1-2H3,(H,24,26)(H,25,27). The first-order valence-corrected chi connectivity index (χ1v) is 11.3. The number of rotatable bonds is 12. The Hall–Kier alpha value is -3.00. The Kier molecular flexibility index (Phi) is 10.4. The minimum Gasteiger partial charge on any atom is -0.494 e. The molecule has 8 heteroatoms. The zero-order valence-electron chi connectivity index (χ0n) is 17.8.